The summed E-state index contributed by atoms with van der Waals surface area (Å²) in [5.74, 6) is -1.76. The first-order valence-electron chi connectivity index (χ1n) is 6.47. The monoisotopic (exact) mass is 314 g/mol. The lowest BCUT2D eigenvalue weighted by atomic mass is 9.91. The topological polar surface area (TPSA) is 99.5 Å². The highest BCUT2D eigenvalue weighted by molar-refractivity contribution is 6.29. The second kappa shape index (κ2) is 6.87. The summed E-state index contributed by atoms with van der Waals surface area (Å²) in [5, 5.41) is 20.3. The normalized spacial score (nSPS) is 12.8. The fraction of sp³-hybridized carbons (Fsp3) is 0.500. The number of aliphatic carboxylic acids is 1. The minimum absolute atomic E-state index is 0.0635. The highest BCUT2D eigenvalue weighted by Crippen LogP contribution is 2.23. The van der Waals surface area contributed by atoms with Gasteiger partial charge < -0.3 is 15.5 Å². The first-order chi connectivity index (χ1) is 9.65. The highest BCUT2D eigenvalue weighted by atomic mass is 35.5. The van der Waals surface area contributed by atoms with Gasteiger partial charge in [-0.25, -0.2) is 9.78 Å². The van der Waals surface area contributed by atoms with E-state index in [0.717, 1.165) is 0 Å². The van der Waals surface area contributed by atoms with Gasteiger partial charge in [0.1, 0.15) is 11.2 Å². The van der Waals surface area contributed by atoms with Gasteiger partial charge in [0.05, 0.1) is 0 Å². The van der Waals surface area contributed by atoms with Crippen LogP contribution in [0.25, 0.3) is 0 Å². The summed E-state index contributed by atoms with van der Waals surface area (Å²) in [6.07, 6.45) is -0.0635. The smallest absolute Gasteiger partial charge is 0.326 e. The molecule has 1 atom stereocenters. The van der Waals surface area contributed by atoms with E-state index in [0.29, 0.717) is 5.69 Å². The van der Waals surface area contributed by atoms with Gasteiger partial charge in [-0.15, -0.1) is 0 Å². The van der Waals surface area contributed by atoms with E-state index in [1.165, 1.54) is 6.07 Å². The van der Waals surface area contributed by atoms with Crippen LogP contribution in [0.2, 0.25) is 5.15 Å². The number of aliphatic hydroxyl groups is 1. The zero-order valence-electron chi connectivity index (χ0n) is 12.2. The number of carboxylic acids is 1. The Bertz CT molecular complexity index is 540. The van der Waals surface area contributed by atoms with Crippen LogP contribution in [0.5, 0.6) is 0 Å². The molecule has 1 aromatic heterocycles. The van der Waals surface area contributed by atoms with Crippen LogP contribution in [0, 0.1) is 0 Å². The third-order valence-corrected chi connectivity index (χ3v) is 3.04. The lowest BCUT2D eigenvalue weighted by Crippen LogP contribution is -2.41. The molecule has 21 heavy (non-hydrogen) atoms. The van der Waals surface area contributed by atoms with Crippen LogP contribution >= 0.6 is 11.6 Å². The average Bonchev–Trinajstić information content (AvgIpc) is 2.36. The Hall–Kier alpha value is -1.66. The third-order valence-electron chi connectivity index (χ3n) is 2.85. The van der Waals surface area contributed by atoms with Crippen molar-refractivity contribution in [2.24, 2.45) is 0 Å². The summed E-state index contributed by atoms with van der Waals surface area (Å²) >= 11 is 5.91. The Morgan fingerprint density at radius 2 is 2.00 bits per heavy atom. The van der Waals surface area contributed by atoms with E-state index in [9.17, 15) is 9.59 Å². The number of rotatable bonds is 5. The predicted octanol–water partition coefficient (Wildman–Crippen LogP) is 1.60. The number of aromatic nitrogens is 1. The number of amides is 1. The summed E-state index contributed by atoms with van der Waals surface area (Å²) in [7, 11) is 0. The second-order valence-corrected chi connectivity index (χ2v) is 6.08. The van der Waals surface area contributed by atoms with Crippen molar-refractivity contribution in [3.05, 3.63) is 28.5 Å². The maximum Gasteiger partial charge on any atom is 0.326 e. The molecule has 7 heteroatoms. The van der Waals surface area contributed by atoms with Crippen molar-refractivity contribution >= 4 is 23.5 Å². The number of nitrogens with zero attached hydrogens (tertiary/aromatic N) is 1. The fourth-order valence-corrected chi connectivity index (χ4v) is 1.85. The van der Waals surface area contributed by atoms with E-state index in [1.807, 2.05) is 20.8 Å². The Morgan fingerprint density at radius 3 is 2.48 bits per heavy atom. The number of pyridine rings is 1. The van der Waals surface area contributed by atoms with Gasteiger partial charge in [-0.05, 0) is 12.1 Å². The number of carboxylic acid groups (broad SMARTS) is 1. The molecule has 6 nitrogen and oxygen atoms in total. The first kappa shape index (κ1) is 17.4. The van der Waals surface area contributed by atoms with Gasteiger partial charge >= 0.3 is 5.97 Å². The zero-order valence-corrected chi connectivity index (χ0v) is 12.9. The Balaban J connectivity index is 3.02. The molecule has 1 unspecified atom stereocenters. The molecule has 1 aromatic rings. The van der Waals surface area contributed by atoms with Gasteiger partial charge in [-0.2, -0.15) is 0 Å². The molecule has 3 N–H and O–H groups in total. The van der Waals surface area contributed by atoms with E-state index in [4.69, 9.17) is 21.8 Å². The lowest BCUT2D eigenvalue weighted by Gasteiger charge is -2.19. The number of aliphatic hydroxyl groups excluding tert-OH is 1. The van der Waals surface area contributed by atoms with Crippen molar-refractivity contribution in [2.75, 3.05) is 6.61 Å². The average molecular weight is 315 g/mol. The number of hydrogen-bond donors (Lipinski definition) is 3. The molecule has 1 amide bonds. The Kier molecular flexibility index (Phi) is 5.69. The van der Waals surface area contributed by atoms with Crippen molar-refractivity contribution in [2.45, 2.75) is 38.6 Å². The minimum Gasteiger partial charge on any atom is -0.480 e. The van der Waals surface area contributed by atoms with Gasteiger partial charge in [0.25, 0.3) is 5.91 Å². The standard InChI is InChI=1S/C14H19ClN2O4/c1-14(2,3)10-6-8(7-11(15)17-10)12(19)16-9(4-5-18)13(20)21/h6-7,9,18H,4-5H2,1-3H3,(H,16,19)(H,20,21). The molecular formula is C14H19ClN2O4. The maximum atomic E-state index is 12.1. The number of nitrogens with one attached hydrogen (secondary N) is 1. The van der Waals surface area contributed by atoms with Crippen LogP contribution in [-0.2, 0) is 10.2 Å². The number of carbonyl (C=O) groups is 2. The van der Waals surface area contributed by atoms with Crippen molar-refractivity contribution < 1.29 is 19.8 Å². The fourth-order valence-electron chi connectivity index (χ4n) is 1.64. The molecular weight excluding hydrogens is 296 g/mol. The molecule has 0 saturated heterocycles. The molecule has 0 aliphatic carbocycles. The number of carbonyl (C=O) groups excluding carboxylic acids is 1. The highest BCUT2D eigenvalue weighted by Gasteiger charge is 2.22. The van der Waals surface area contributed by atoms with Gasteiger partial charge in [-0.1, -0.05) is 32.4 Å². The second-order valence-electron chi connectivity index (χ2n) is 5.69. The van der Waals surface area contributed by atoms with Crippen molar-refractivity contribution in [1.82, 2.24) is 10.3 Å². The van der Waals surface area contributed by atoms with Gasteiger partial charge in [0.15, 0.2) is 0 Å². The Labute approximate surface area is 128 Å². The van der Waals surface area contributed by atoms with Gasteiger partial charge in [0, 0.05) is 29.7 Å². The molecule has 0 fully saturated rings. The van der Waals surface area contributed by atoms with E-state index in [1.54, 1.807) is 6.07 Å². The minimum atomic E-state index is -1.20. The summed E-state index contributed by atoms with van der Waals surface area (Å²) in [5.41, 5.74) is 0.579. The lowest BCUT2D eigenvalue weighted by molar-refractivity contribution is -0.139. The number of halogens is 1. The predicted molar refractivity (Wildman–Crippen MR) is 78.5 cm³/mol. The molecule has 0 aliphatic heterocycles. The van der Waals surface area contributed by atoms with Crippen molar-refractivity contribution in [3.8, 4) is 0 Å². The third kappa shape index (κ3) is 4.99. The number of hydrogen-bond acceptors (Lipinski definition) is 4. The molecule has 0 aliphatic rings. The van der Waals surface area contributed by atoms with E-state index >= 15 is 0 Å². The van der Waals surface area contributed by atoms with Crippen LogP contribution in [0.1, 0.15) is 43.2 Å². The van der Waals surface area contributed by atoms with E-state index in [2.05, 4.69) is 10.3 Å². The van der Waals surface area contributed by atoms with Crippen LogP contribution in [0.15, 0.2) is 12.1 Å². The molecule has 1 rings (SSSR count). The molecule has 0 aromatic carbocycles. The summed E-state index contributed by atoms with van der Waals surface area (Å²) in [6, 6.07) is 1.82. The molecule has 0 bridgehead atoms. The quantitative estimate of drug-likeness (QED) is 0.717. The van der Waals surface area contributed by atoms with Crippen LogP contribution in [0.3, 0.4) is 0 Å². The summed E-state index contributed by atoms with van der Waals surface area (Å²) < 4.78 is 0. The first-order valence-corrected chi connectivity index (χ1v) is 6.85. The molecule has 0 radical (unpaired) electrons. The van der Waals surface area contributed by atoms with Gasteiger partial charge in [-0.3, -0.25) is 4.79 Å². The summed E-state index contributed by atoms with van der Waals surface area (Å²) in [6.45, 7) is 5.46. The van der Waals surface area contributed by atoms with Crippen LogP contribution in [-0.4, -0.2) is 39.7 Å². The van der Waals surface area contributed by atoms with Gasteiger partial charge in [0.2, 0.25) is 0 Å². The molecule has 0 saturated carbocycles. The van der Waals surface area contributed by atoms with Crippen LogP contribution in [0.4, 0.5) is 0 Å². The molecule has 0 spiro atoms. The molecule has 116 valence electrons. The zero-order chi connectivity index (χ0) is 16.2. The SMILES string of the molecule is CC(C)(C)c1cc(C(=O)NC(CCO)C(=O)O)cc(Cl)n1. The summed E-state index contributed by atoms with van der Waals surface area (Å²) in [4.78, 5) is 27.3. The Morgan fingerprint density at radius 1 is 1.38 bits per heavy atom. The van der Waals surface area contributed by atoms with Crippen molar-refractivity contribution in [3.63, 3.8) is 0 Å². The van der Waals surface area contributed by atoms with E-state index in [-0.39, 0.29) is 29.2 Å². The van der Waals surface area contributed by atoms with E-state index < -0.39 is 17.9 Å². The van der Waals surface area contributed by atoms with Crippen molar-refractivity contribution in [1.29, 1.82) is 0 Å². The largest absolute Gasteiger partial charge is 0.480 e. The maximum absolute atomic E-state index is 12.1. The molecule has 1 heterocycles. The van der Waals surface area contributed by atoms with Crippen LogP contribution < -0.4 is 5.32 Å².